The Morgan fingerprint density at radius 1 is 1.13 bits per heavy atom. The van der Waals surface area contributed by atoms with E-state index in [1.807, 2.05) is 18.2 Å². The van der Waals surface area contributed by atoms with Gasteiger partial charge in [0, 0.05) is 17.7 Å². The maximum absolute atomic E-state index is 5.73. The van der Waals surface area contributed by atoms with Crippen molar-refractivity contribution >= 4 is 16.7 Å². The number of hydrogen-bond donors (Lipinski definition) is 3. The highest BCUT2D eigenvalue weighted by Crippen LogP contribution is 2.36. The number of nitrogens with one attached hydrogen (secondary N) is 1. The van der Waals surface area contributed by atoms with Gasteiger partial charge in [0.1, 0.15) is 5.52 Å². The van der Waals surface area contributed by atoms with Gasteiger partial charge in [0.25, 0.3) is 0 Å². The fraction of sp³-hybridized carbons (Fsp3) is 0.391. The average Bonchev–Trinajstić information content (AvgIpc) is 3.50. The number of nitrogens with zero attached hydrogens (tertiary/aromatic N) is 3. The molecule has 0 spiro atoms. The Morgan fingerprint density at radius 3 is 2.70 bits per heavy atom. The number of aromatic nitrogens is 1. The summed E-state index contributed by atoms with van der Waals surface area (Å²) in [6.45, 7) is 3.70. The number of nitrogens with two attached hydrogens (primary N) is 2. The van der Waals surface area contributed by atoms with Gasteiger partial charge in [0.15, 0.2) is 11.6 Å². The zero-order valence-electron chi connectivity index (χ0n) is 17.1. The highest BCUT2D eigenvalue weighted by atomic mass is 16.5. The van der Waals surface area contributed by atoms with Crippen LogP contribution in [-0.2, 0) is 0 Å². The number of benzene rings is 2. The van der Waals surface area contributed by atoms with Crippen LogP contribution in [0.3, 0.4) is 0 Å². The van der Waals surface area contributed by atoms with Crippen LogP contribution in [0, 0.1) is 5.92 Å². The maximum atomic E-state index is 5.73. The normalized spacial score (nSPS) is 18.8. The molecule has 7 heteroatoms. The lowest BCUT2D eigenvalue weighted by atomic mass is 9.88. The zero-order valence-corrected chi connectivity index (χ0v) is 17.1. The van der Waals surface area contributed by atoms with Crippen molar-refractivity contribution in [3.63, 3.8) is 0 Å². The van der Waals surface area contributed by atoms with Gasteiger partial charge < -0.3 is 20.7 Å². The molecule has 1 aromatic heterocycles. The lowest BCUT2D eigenvalue weighted by molar-refractivity contribution is 0.205. The lowest BCUT2D eigenvalue weighted by Gasteiger charge is -2.32. The third-order valence-corrected chi connectivity index (χ3v) is 6.44. The molecule has 7 nitrogen and oxygen atoms in total. The predicted molar refractivity (Wildman–Crippen MR) is 119 cm³/mol. The molecule has 2 fully saturated rings. The molecule has 0 bridgehead atoms. The van der Waals surface area contributed by atoms with E-state index < -0.39 is 0 Å². The minimum atomic E-state index is 0.413. The van der Waals surface area contributed by atoms with Crippen LogP contribution in [0.4, 0.5) is 0 Å². The Hall–Kier alpha value is -2.90. The van der Waals surface area contributed by atoms with E-state index >= 15 is 0 Å². The van der Waals surface area contributed by atoms with Crippen molar-refractivity contribution in [2.24, 2.45) is 22.7 Å². The molecule has 1 aliphatic carbocycles. The standard InChI is InChI=1S/C23H28N6O/c24-26-23(27-25)19-6-7-21-20(13-19)22(30-28-21)18-3-1-2-17(12-18)16-8-10-29(11-9-16)14-15-4-5-15/h1-3,6-7,12-13,15-16H,4-5,8-11,14,24-25H2,(H,26,27). The summed E-state index contributed by atoms with van der Waals surface area (Å²) in [5, 5.41) is 8.84. The van der Waals surface area contributed by atoms with E-state index in [1.54, 1.807) is 0 Å². The number of fused-ring (bicyclic) bond motifs is 1. The maximum Gasteiger partial charge on any atom is 0.174 e. The lowest BCUT2D eigenvalue weighted by Crippen LogP contribution is -2.34. The van der Waals surface area contributed by atoms with Crippen molar-refractivity contribution in [1.82, 2.24) is 15.5 Å². The van der Waals surface area contributed by atoms with Crippen LogP contribution in [0.15, 0.2) is 52.1 Å². The van der Waals surface area contributed by atoms with E-state index in [2.05, 4.69) is 44.8 Å². The van der Waals surface area contributed by atoms with Gasteiger partial charge >= 0.3 is 0 Å². The molecule has 5 N–H and O–H groups in total. The highest BCUT2D eigenvalue weighted by molar-refractivity contribution is 6.03. The van der Waals surface area contributed by atoms with Crippen molar-refractivity contribution in [3.8, 4) is 11.3 Å². The number of hydrazine groups is 1. The number of hydrogen-bond acceptors (Lipinski definition) is 6. The van der Waals surface area contributed by atoms with Crippen molar-refractivity contribution in [2.75, 3.05) is 19.6 Å². The fourth-order valence-electron chi connectivity index (χ4n) is 4.54. The van der Waals surface area contributed by atoms with E-state index in [9.17, 15) is 0 Å². The molecule has 156 valence electrons. The zero-order chi connectivity index (χ0) is 20.5. The summed E-state index contributed by atoms with van der Waals surface area (Å²) in [4.78, 5) is 2.64. The van der Waals surface area contributed by atoms with Crippen LogP contribution < -0.4 is 17.1 Å². The van der Waals surface area contributed by atoms with Crippen LogP contribution in [0.1, 0.15) is 42.7 Å². The monoisotopic (exact) mass is 404 g/mol. The van der Waals surface area contributed by atoms with Gasteiger partial charge in [0.05, 0.1) is 5.39 Å². The van der Waals surface area contributed by atoms with Gasteiger partial charge in [-0.15, -0.1) is 0 Å². The summed E-state index contributed by atoms with van der Waals surface area (Å²) < 4.78 is 5.73. The molecule has 3 aromatic rings. The first-order chi connectivity index (χ1) is 14.7. The van der Waals surface area contributed by atoms with E-state index in [1.165, 1.54) is 50.9 Å². The number of hydrazone groups is 1. The summed E-state index contributed by atoms with van der Waals surface area (Å²) in [6, 6.07) is 14.4. The van der Waals surface area contributed by atoms with Crippen LogP contribution >= 0.6 is 0 Å². The van der Waals surface area contributed by atoms with Gasteiger partial charge in [-0.05, 0) is 80.4 Å². The van der Waals surface area contributed by atoms with E-state index in [-0.39, 0.29) is 0 Å². The van der Waals surface area contributed by atoms with Gasteiger partial charge in [-0.25, -0.2) is 5.84 Å². The second kappa shape index (κ2) is 8.08. The van der Waals surface area contributed by atoms with Gasteiger partial charge in [0.2, 0.25) is 0 Å². The van der Waals surface area contributed by atoms with Crippen LogP contribution in [-0.4, -0.2) is 35.5 Å². The number of likely N-dealkylation sites (tertiary alicyclic amines) is 1. The summed E-state index contributed by atoms with van der Waals surface area (Å²) in [5.41, 5.74) is 6.53. The molecule has 2 aromatic carbocycles. The second-order valence-electron chi connectivity index (χ2n) is 8.51. The smallest absolute Gasteiger partial charge is 0.174 e. The molecular formula is C23H28N6O. The molecule has 0 unspecified atom stereocenters. The summed E-state index contributed by atoms with van der Waals surface area (Å²) in [5.74, 6) is 13.7. The third-order valence-electron chi connectivity index (χ3n) is 6.44. The molecule has 1 saturated carbocycles. The minimum Gasteiger partial charge on any atom is -0.355 e. The molecular weight excluding hydrogens is 376 g/mol. The quantitative estimate of drug-likeness (QED) is 0.261. The molecule has 0 atom stereocenters. The Bertz CT molecular complexity index is 1060. The molecule has 30 heavy (non-hydrogen) atoms. The summed E-state index contributed by atoms with van der Waals surface area (Å²) in [7, 11) is 0. The molecule has 2 aliphatic rings. The average molecular weight is 405 g/mol. The number of rotatable bonds is 5. The molecule has 0 amide bonds. The van der Waals surface area contributed by atoms with Gasteiger partial charge in [-0.3, -0.25) is 0 Å². The number of piperidine rings is 1. The first kappa shape index (κ1) is 19.1. The Morgan fingerprint density at radius 2 is 1.97 bits per heavy atom. The first-order valence-corrected chi connectivity index (χ1v) is 10.7. The summed E-state index contributed by atoms with van der Waals surface area (Å²) >= 11 is 0. The minimum absolute atomic E-state index is 0.413. The topological polar surface area (TPSA) is 106 Å². The molecule has 1 aliphatic heterocycles. The predicted octanol–water partition coefficient (Wildman–Crippen LogP) is 3.17. The first-order valence-electron chi connectivity index (χ1n) is 10.7. The number of amidine groups is 1. The van der Waals surface area contributed by atoms with Crippen molar-refractivity contribution in [3.05, 3.63) is 53.6 Å². The van der Waals surface area contributed by atoms with Crippen molar-refractivity contribution in [2.45, 2.75) is 31.6 Å². The van der Waals surface area contributed by atoms with Crippen molar-refractivity contribution in [1.29, 1.82) is 0 Å². The fourth-order valence-corrected chi connectivity index (χ4v) is 4.54. The van der Waals surface area contributed by atoms with Crippen LogP contribution in [0.25, 0.3) is 22.2 Å². The van der Waals surface area contributed by atoms with Crippen molar-refractivity contribution < 1.29 is 4.52 Å². The largest absolute Gasteiger partial charge is 0.355 e. The Labute approximate surface area is 176 Å². The Balaban J connectivity index is 1.40. The van der Waals surface area contributed by atoms with Gasteiger partial charge in [-0.2, -0.15) is 5.10 Å². The van der Waals surface area contributed by atoms with Crippen LogP contribution in [0.2, 0.25) is 0 Å². The molecule has 5 rings (SSSR count). The SMILES string of the molecule is N/N=C(\NN)c1ccc2noc(-c3cccc(C4CCN(CC5CC5)CC4)c3)c2c1. The molecule has 1 saturated heterocycles. The molecule has 2 heterocycles. The van der Waals surface area contributed by atoms with E-state index in [4.69, 9.17) is 16.2 Å². The van der Waals surface area contributed by atoms with E-state index in [0.29, 0.717) is 11.8 Å². The highest BCUT2D eigenvalue weighted by Gasteiger charge is 2.27. The third kappa shape index (κ3) is 3.78. The van der Waals surface area contributed by atoms with E-state index in [0.717, 1.165) is 33.7 Å². The van der Waals surface area contributed by atoms with Crippen LogP contribution in [0.5, 0.6) is 0 Å². The second-order valence-corrected chi connectivity index (χ2v) is 8.51. The summed E-state index contributed by atoms with van der Waals surface area (Å²) in [6.07, 6.45) is 5.29. The Kier molecular flexibility index (Phi) is 5.14. The van der Waals surface area contributed by atoms with Gasteiger partial charge in [-0.1, -0.05) is 23.4 Å². The molecule has 0 radical (unpaired) electrons.